The van der Waals surface area contributed by atoms with Gasteiger partial charge in [0.1, 0.15) is 11.5 Å². The number of hydrogen-bond donors (Lipinski definition) is 2. The molecule has 0 radical (unpaired) electrons. The summed E-state index contributed by atoms with van der Waals surface area (Å²) >= 11 is 5.72. The summed E-state index contributed by atoms with van der Waals surface area (Å²) in [6.07, 6.45) is -0.121. The lowest BCUT2D eigenvalue weighted by molar-refractivity contribution is -0.115. The molecule has 0 saturated heterocycles. The summed E-state index contributed by atoms with van der Waals surface area (Å²) in [4.78, 5) is 24.2. The third-order valence-electron chi connectivity index (χ3n) is 4.14. The zero-order valence-corrected chi connectivity index (χ0v) is 14.7. The SMILES string of the molecule is CCn1c(C(=O)O)c(CC(=O)Nc2ccc(F)c(Cl)c2)c2ccccc21. The monoisotopic (exact) mass is 374 g/mol. The van der Waals surface area contributed by atoms with Crippen LogP contribution in [0.1, 0.15) is 23.0 Å². The standard InChI is InChI=1S/C19H16ClFN2O3/c1-2-23-16-6-4-3-5-12(16)13(18(23)19(25)26)10-17(24)22-11-7-8-15(21)14(20)9-11/h3-9H,2,10H2,1H3,(H,22,24)(H,25,26). The Hall–Kier alpha value is -2.86. The van der Waals surface area contributed by atoms with E-state index < -0.39 is 17.7 Å². The van der Waals surface area contributed by atoms with Gasteiger partial charge in [0.25, 0.3) is 0 Å². The van der Waals surface area contributed by atoms with E-state index in [1.54, 1.807) is 16.7 Å². The molecular weight excluding hydrogens is 359 g/mol. The molecule has 0 aliphatic heterocycles. The van der Waals surface area contributed by atoms with E-state index in [-0.39, 0.29) is 17.1 Å². The van der Waals surface area contributed by atoms with Gasteiger partial charge in [0.05, 0.1) is 11.4 Å². The van der Waals surface area contributed by atoms with Crippen LogP contribution in [0.2, 0.25) is 5.02 Å². The van der Waals surface area contributed by atoms with Crippen LogP contribution in [-0.4, -0.2) is 21.6 Å². The molecule has 0 bridgehead atoms. The summed E-state index contributed by atoms with van der Waals surface area (Å²) in [7, 11) is 0. The van der Waals surface area contributed by atoms with Gasteiger partial charge in [0.2, 0.25) is 5.91 Å². The third-order valence-corrected chi connectivity index (χ3v) is 4.42. The average molecular weight is 375 g/mol. The highest BCUT2D eigenvalue weighted by Gasteiger charge is 2.23. The Balaban J connectivity index is 1.97. The number of halogens is 2. The maximum absolute atomic E-state index is 13.2. The van der Waals surface area contributed by atoms with E-state index >= 15 is 0 Å². The topological polar surface area (TPSA) is 71.3 Å². The highest BCUT2D eigenvalue weighted by Crippen LogP contribution is 2.27. The van der Waals surface area contributed by atoms with E-state index in [0.29, 0.717) is 17.8 Å². The minimum absolute atomic E-state index is 0.0981. The first kappa shape index (κ1) is 17.9. The molecule has 7 heteroatoms. The second kappa shape index (κ2) is 7.17. The van der Waals surface area contributed by atoms with Gasteiger partial charge in [-0.2, -0.15) is 0 Å². The molecule has 134 valence electrons. The van der Waals surface area contributed by atoms with Crippen molar-refractivity contribution in [2.24, 2.45) is 0 Å². The molecule has 1 heterocycles. The van der Waals surface area contributed by atoms with Crippen LogP contribution in [0.5, 0.6) is 0 Å². The number of rotatable bonds is 5. The lowest BCUT2D eigenvalue weighted by atomic mass is 10.1. The van der Waals surface area contributed by atoms with Gasteiger partial charge >= 0.3 is 5.97 Å². The summed E-state index contributed by atoms with van der Waals surface area (Å²) in [5.41, 5.74) is 1.65. The van der Waals surface area contributed by atoms with Crippen molar-refractivity contribution in [1.29, 1.82) is 0 Å². The van der Waals surface area contributed by atoms with E-state index in [4.69, 9.17) is 11.6 Å². The fraction of sp³-hybridized carbons (Fsp3) is 0.158. The lowest BCUT2D eigenvalue weighted by Crippen LogP contribution is -2.17. The van der Waals surface area contributed by atoms with Crippen molar-refractivity contribution in [1.82, 2.24) is 4.57 Å². The summed E-state index contributed by atoms with van der Waals surface area (Å²) in [5, 5.41) is 12.9. The number of benzene rings is 2. The third kappa shape index (κ3) is 3.28. The van der Waals surface area contributed by atoms with Crippen LogP contribution >= 0.6 is 11.6 Å². The molecule has 0 fully saturated rings. The van der Waals surface area contributed by atoms with Gasteiger partial charge in [0.15, 0.2) is 0 Å². The number of nitrogens with zero attached hydrogens (tertiary/aromatic N) is 1. The Labute approximate surface area is 154 Å². The normalized spacial score (nSPS) is 10.9. The number of para-hydroxylation sites is 1. The molecule has 0 saturated carbocycles. The van der Waals surface area contributed by atoms with Crippen LogP contribution in [0.3, 0.4) is 0 Å². The predicted molar refractivity (Wildman–Crippen MR) is 98.3 cm³/mol. The smallest absolute Gasteiger partial charge is 0.352 e. The number of carbonyl (C=O) groups excluding carboxylic acids is 1. The highest BCUT2D eigenvalue weighted by atomic mass is 35.5. The lowest BCUT2D eigenvalue weighted by Gasteiger charge is -2.08. The van der Waals surface area contributed by atoms with Crippen molar-refractivity contribution in [3.05, 3.63) is 64.6 Å². The molecule has 5 nitrogen and oxygen atoms in total. The van der Waals surface area contributed by atoms with Crippen LogP contribution in [0.4, 0.5) is 10.1 Å². The quantitative estimate of drug-likeness (QED) is 0.698. The maximum Gasteiger partial charge on any atom is 0.352 e. The maximum atomic E-state index is 13.2. The second-order valence-electron chi connectivity index (χ2n) is 5.75. The summed E-state index contributed by atoms with van der Waals surface area (Å²) in [6, 6.07) is 11.1. The number of hydrogen-bond acceptors (Lipinski definition) is 2. The predicted octanol–water partition coefficient (Wildman–Crippen LogP) is 4.33. The van der Waals surface area contributed by atoms with Crippen molar-refractivity contribution in [2.45, 2.75) is 19.9 Å². The Morgan fingerprint density at radius 3 is 2.62 bits per heavy atom. The molecule has 3 rings (SSSR count). The number of carbonyl (C=O) groups is 2. The van der Waals surface area contributed by atoms with Crippen molar-refractivity contribution >= 4 is 40.1 Å². The first-order valence-corrected chi connectivity index (χ1v) is 8.38. The molecule has 2 aromatic carbocycles. The minimum Gasteiger partial charge on any atom is -0.477 e. The first-order valence-electron chi connectivity index (χ1n) is 8.00. The van der Waals surface area contributed by atoms with Gasteiger partial charge in [0, 0.05) is 28.7 Å². The van der Waals surface area contributed by atoms with Crippen LogP contribution in [0.15, 0.2) is 42.5 Å². The molecule has 0 spiro atoms. The fourth-order valence-corrected chi connectivity index (χ4v) is 3.25. The molecule has 0 atom stereocenters. The molecule has 1 amide bonds. The van der Waals surface area contributed by atoms with Crippen LogP contribution in [0, 0.1) is 5.82 Å². The zero-order valence-electron chi connectivity index (χ0n) is 13.9. The Morgan fingerprint density at radius 1 is 1.23 bits per heavy atom. The summed E-state index contributed by atoms with van der Waals surface area (Å²) in [5.74, 6) is -2.08. The largest absolute Gasteiger partial charge is 0.477 e. The van der Waals surface area contributed by atoms with Gasteiger partial charge in [-0.1, -0.05) is 29.8 Å². The number of fused-ring (bicyclic) bond motifs is 1. The second-order valence-corrected chi connectivity index (χ2v) is 6.15. The number of amides is 1. The zero-order chi connectivity index (χ0) is 18.8. The van der Waals surface area contributed by atoms with Crippen LogP contribution < -0.4 is 5.32 Å². The molecule has 0 aliphatic rings. The van der Waals surface area contributed by atoms with Gasteiger partial charge in [-0.15, -0.1) is 0 Å². The Bertz CT molecular complexity index is 1010. The molecule has 0 unspecified atom stereocenters. The number of nitrogens with one attached hydrogen (secondary N) is 1. The van der Waals surface area contributed by atoms with E-state index in [9.17, 15) is 19.1 Å². The molecule has 2 N–H and O–H groups in total. The summed E-state index contributed by atoms with van der Waals surface area (Å²) in [6.45, 7) is 2.32. The number of carboxylic acid groups (broad SMARTS) is 1. The average Bonchev–Trinajstić information content (AvgIpc) is 2.92. The van der Waals surface area contributed by atoms with Crippen molar-refractivity contribution in [3.8, 4) is 0 Å². The fourth-order valence-electron chi connectivity index (χ4n) is 3.07. The van der Waals surface area contributed by atoms with Crippen molar-refractivity contribution < 1.29 is 19.1 Å². The van der Waals surface area contributed by atoms with Gasteiger partial charge < -0.3 is 15.0 Å². The molecule has 3 aromatic rings. The molecular formula is C19H16ClFN2O3. The van der Waals surface area contributed by atoms with Crippen molar-refractivity contribution in [2.75, 3.05) is 5.32 Å². The van der Waals surface area contributed by atoms with Gasteiger partial charge in [-0.25, -0.2) is 9.18 Å². The van der Waals surface area contributed by atoms with Gasteiger partial charge in [-0.3, -0.25) is 4.79 Å². The van der Waals surface area contributed by atoms with Crippen molar-refractivity contribution in [3.63, 3.8) is 0 Å². The van der Waals surface area contributed by atoms with E-state index in [0.717, 1.165) is 17.0 Å². The first-order chi connectivity index (χ1) is 12.4. The van der Waals surface area contributed by atoms with Crippen LogP contribution in [0.25, 0.3) is 10.9 Å². The molecule has 0 aliphatic carbocycles. The summed E-state index contributed by atoms with van der Waals surface area (Å²) < 4.78 is 14.9. The number of aromatic carboxylic acids is 1. The van der Waals surface area contributed by atoms with E-state index in [1.807, 2.05) is 19.1 Å². The Kier molecular flexibility index (Phi) is 4.95. The van der Waals surface area contributed by atoms with Crippen LogP contribution in [-0.2, 0) is 17.8 Å². The van der Waals surface area contributed by atoms with E-state index in [2.05, 4.69) is 5.32 Å². The molecule has 1 aromatic heterocycles. The van der Waals surface area contributed by atoms with E-state index in [1.165, 1.54) is 12.1 Å². The highest BCUT2D eigenvalue weighted by molar-refractivity contribution is 6.31. The Morgan fingerprint density at radius 2 is 1.96 bits per heavy atom. The number of anilines is 1. The number of carboxylic acids is 1. The van der Waals surface area contributed by atoms with Gasteiger partial charge in [-0.05, 0) is 31.2 Å². The number of aromatic nitrogens is 1. The minimum atomic E-state index is -1.09. The number of aryl methyl sites for hydroxylation is 1. The molecule has 26 heavy (non-hydrogen) atoms.